The molecule has 0 saturated carbocycles. The highest BCUT2D eigenvalue weighted by Gasteiger charge is 2.13. The van der Waals surface area contributed by atoms with Crippen LogP contribution < -0.4 is 16.4 Å². The summed E-state index contributed by atoms with van der Waals surface area (Å²) in [5.41, 5.74) is 9.27. The lowest BCUT2D eigenvalue weighted by Crippen LogP contribution is -2.21. The molecular formula is C19H24ClN3O2. The molecular weight excluding hydrogens is 338 g/mol. The van der Waals surface area contributed by atoms with E-state index in [4.69, 9.17) is 5.73 Å². The first-order valence-electron chi connectivity index (χ1n) is 8.00. The number of anilines is 2. The molecule has 0 fully saturated rings. The normalized spacial score (nSPS) is 11.2. The molecule has 0 radical (unpaired) electrons. The average Bonchev–Trinajstić information content (AvgIpc) is 2.58. The summed E-state index contributed by atoms with van der Waals surface area (Å²) in [5.74, 6) is -0.226. The maximum atomic E-state index is 12.3. The van der Waals surface area contributed by atoms with Crippen LogP contribution in [0.15, 0.2) is 48.5 Å². The van der Waals surface area contributed by atoms with Crippen LogP contribution in [0.25, 0.3) is 0 Å². The maximum Gasteiger partial charge on any atom is 0.226 e. The molecule has 2 aromatic rings. The van der Waals surface area contributed by atoms with Crippen molar-refractivity contribution in [3.8, 4) is 0 Å². The van der Waals surface area contributed by atoms with Crippen LogP contribution in [-0.2, 0) is 9.59 Å². The Kier molecular flexibility index (Phi) is 8.11. The van der Waals surface area contributed by atoms with Crippen molar-refractivity contribution in [2.75, 3.05) is 10.6 Å². The van der Waals surface area contributed by atoms with Gasteiger partial charge < -0.3 is 16.4 Å². The lowest BCUT2D eigenvalue weighted by Gasteiger charge is -2.14. The van der Waals surface area contributed by atoms with E-state index in [1.807, 2.05) is 49.4 Å². The van der Waals surface area contributed by atoms with Gasteiger partial charge in [0.15, 0.2) is 0 Å². The average molecular weight is 362 g/mol. The Morgan fingerprint density at radius 1 is 1.04 bits per heavy atom. The van der Waals surface area contributed by atoms with E-state index in [1.165, 1.54) is 0 Å². The second kappa shape index (κ2) is 9.81. The summed E-state index contributed by atoms with van der Waals surface area (Å²) in [5, 5.41) is 5.66. The van der Waals surface area contributed by atoms with Crippen molar-refractivity contribution in [2.24, 2.45) is 5.73 Å². The molecule has 2 amide bonds. The van der Waals surface area contributed by atoms with Crippen LogP contribution in [0.1, 0.15) is 36.9 Å². The van der Waals surface area contributed by atoms with E-state index < -0.39 is 0 Å². The van der Waals surface area contributed by atoms with Gasteiger partial charge in [-0.2, -0.15) is 0 Å². The zero-order valence-electron chi connectivity index (χ0n) is 14.4. The number of aryl methyl sites for hydroxylation is 1. The highest BCUT2D eigenvalue weighted by Crippen LogP contribution is 2.22. The second-order valence-corrected chi connectivity index (χ2v) is 5.70. The fraction of sp³-hybridized carbons (Fsp3) is 0.263. The Hall–Kier alpha value is -2.37. The number of hydrogen-bond donors (Lipinski definition) is 3. The molecule has 0 heterocycles. The van der Waals surface area contributed by atoms with E-state index in [9.17, 15) is 9.59 Å². The minimum Gasteiger partial charge on any atom is -0.326 e. The molecule has 0 bridgehead atoms. The van der Waals surface area contributed by atoms with Gasteiger partial charge in [0.25, 0.3) is 0 Å². The predicted molar refractivity (Wildman–Crippen MR) is 104 cm³/mol. The van der Waals surface area contributed by atoms with E-state index >= 15 is 0 Å². The zero-order chi connectivity index (χ0) is 17.5. The molecule has 5 nitrogen and oxygen atoms in total. The van der Waals surface area contributed by atoms with Gasteiger partial charge in [0.1, 0.15) is 0 Å². The quantitative estimate of drug-likeness (QED) is 0.731. The van der Waals surface area contributed by atoms with Gasteiger partial charge in [-0.15, -0.1) is 12.4 Å². The Bertz CT molecular complexity index is 720. The highest BCUT2D eigenvalue weighted by atomic mass is 35.5. The number of amides is 2. The van der Waals surface area contributed by atoms with Crippen molar-refractivity contribution in [3.05, 3.63) is 59.7 Å². The summed E-state index contributed by atoms with van der Waals surface area (Å²) in [6.07, 6.45) is 0.594. The second-order valence-electron chi connectivity index (χ2n) is 5.70. The third-order valence-corrected chi connectivity index (χ3v) is 3.75. The van der Waals surface area contributed by atoms with Gasteiger partial charge in [-0.05, 0) is 30.2 Å². The van der Waals surface area contributed by atoms with Crippen LogP contribution in [0.3, 0.4) is 0 Å². The molecule has 134 valence electrons. The van der Waals surface area contributed by atoms with E-state index in [0.29, 0.717) is 17.8 Å². The molecule has 1 unspecified atom stereocenters. The van der Waals surface area contributed by atoms with E-state index in [0.717, 1.165) is 11.1 Å². The van der Waals surface area contributed by atoms with E-state index in [-0.39, 0.29) is 36.7 Å². The van der Waals surface area contributed by atoms with Crippen molar-refractivity contribution < 1.29 is 9.59 Å². The molecule has 6 heteroatoms. The minimum atomic E-state index is -0.352. The van der Waals surface area contributed by atoms with Gasteiger partial charge in [0, 0.05) is 30.3 Å². The molecule has 0 aliphatic rings. The fourth-order valence-electron chi connectivity index (χ4n) is 2.30. The summed E-state index contributed by atoms with van der Waals surface area (Å²) >= 11 is 0. The molecule has 0 aliphatic heterocycles. The smallest absolute Gasteiger partial charge is 0.226 e. The van der Waals surface area contributed by atoms with Gasteiger partial charge in [-0.25, -0.2) is 0 Å². The topological polar surface area (TPSA) is 84.2 Å². The molecule has 1 atom stereocenters. The molecule has 0 aromatic heterocycles. The predicted octanol–water partition coefficient (Wildman–Crippen LogP) is 3.79. The van der Waals surface area contributed by atoms with Crippen LogP contribution in [0.2, 0.25) is 0 Å². The number of hydrogen-bond acceptors (Lipinski definition) is 3. The van der Waals surface area contributed by atoms with Crippen LogP contribution >= 0.6 is 12.4 Å². The molecule has 25 heavy (non-hydrogen) atoms. The van der Waals surface area contributed by atoms with Gasteiger partial charge in [-0.1, -0.05) is 43.3 Å². The van der Waals surface area contributed by atoms with Crippen molar-refractivity contribution in [3.63, 3.8) is 0 Å². The number of nitrogens with one attached hydrogen (secondary N) is 2. The van der Waals surface area contributed by atoms with Crippen LogP contribution in [0.4, 0.5) is 11.4 Å². The van der Waals surface area contributed by atoms with Gasteiger partial charge in [0.2, 0.25) is 11.8 Å². The first-order chi connectivity index (χ1) is 11.5. The van der Waals surface area contributed by atoms with E-state index in [1.54, 1.807) is 13.0 Å². The maximum absolute atomic E-state index is 12.3. The van der Waals surface area contributed by atoms with Crippen molar-refractivity contribution in [1.82, 2.24) is 0 Å². The Labute approximate surface area is 154 Å². The standard InChI is InChI=1S/C19H23N3O2.ClH/c1-3-18(23)21-15-10-9-13(2)17(11-15)22-19(24)12-16(20)14-7-5-4-6-8-14;/h4-11,16H,3,12,20H2,1-2H3,(H,21,23)(H,22,24);1H. The fourth-order valence-corrected chi connectivity index (χ4v) is 2.30. The Morgan fingerprint density at radius 3 is 2.36 bits per heavy atom. The van der Waals surface area contributed by atoms with Gasteiger partial charge >= 0.3 is 0 Å². The number of halogens is 1. The summed E-state index contributed by atoms with van der Waals surface area (Å²) in [6.45, 7) is 3.69. The monoisotopic (exact) mass is 361 g/mol. The van der Waals surface area contributed by atoms with Crippen molar-refractivity contribution >= 4 is 35.6 Å². The summed E-state index contributed by atoms with van der Waals surface area (Å²) in [7, 11) is 0. The number of nitrogens with two attached hydrogens (primary N) is 1. The highest BCUT2D eigenvalue weighted by molar-refractivity contribution is 5.94. The van der Waals surface area contributed by atoms with Crippen LogP contribution in [-0.4, -0.2) is 11.8 Å². The molecule has 0 saturated heterocycles. The largest absolute Gasteiger partial charge is 0.326 e. The van der Waals surface area contributed by atoms with Crippen LogP contribution in [0.5, 0.6) is 0 Å². The van der Waals surface area contributed by atoms with Gasteiger partial charge in [0.05, 0.1) is 0 Å². The Balaban J connectivity index is 0.00000312. The summed E-state index contributed by atoms with van der Waals surface area (Å²) in [4.78, 5) is 23.7. The molecule has 0 aliphatic carbocycles. The third kappa shape index (κ3) is 6.21. The lowest BCUT2D eigenvalue weighted by molar-refractivity contribution is -0.117. The molecule has 2 rings (SSSR count). The summed E-state index contributed by atoms with van der Waals surface area (Å²) < 4.78 is 0. The zero-order valence-corrected chi connectivity index (χ0v) is 15.2. The van der Waals surface area contributed by atoms with Crippen molar-refractivity contribution in [1.29, 1.82) is 0 Å². The SMILES string of the molecule is CCC(=O)Nc1ccc(C)c(NC(=O)CC(N)c2ccccc2)c1.Cl. The third-order valence-electron chi connectivity index (χ3n) is 3.75. The van der Waals surface area contributed by atoms with Crippen LogP contribution in [0, 0.1) is 6.92 Å². The first kappa shape index (κ1) is 20.7. The Morgan fingerprint density at radius 2 is 1.72 bits per heavy atom. The minimum absolute atomic E-state index is 0. The molecule has 4 N–H and O–H groups in total. The molecule has 2 aromatic carbocycles. The number of carbonyl (C=O) groups is 2. The van der Waals surface area contributed by atoms with E-state index in [2.05, 4.69) is 10.6 Å². The summed E-state index contributed by atoms with van der Waals surface area (Å²) in [6, 6.07) is 14.6. The number of benzene rings is 2. The number of carbonyl (C=O) groups excluding carboxylic acids is 2. The molecule has 0 spiro atoms. The number of rotatable bonds is 6. The van der Waals surface area contributed by atoms with Crippen molar-refractivity contribution in [2.45, 2.75) is 32.7 Å². The first-order valence-corrected chi connectivity index (χ1v) is 8.00. The lowest BCUT2D eigenvalue weighted by atomic mass is 10.0. The van der Waals surface area contributed by atoms with Gasteiger partial charge in [-0.3, -0.25) is 9.59 Å².